The van der Waals surface area contributed by atoms with Gasteiger partial charge in [0.05, 0.1) is 22.5 Å². The van der Waals surface area contributed by atoms with Crippen LogP contribution in [0.2, 0.25) is 5.02 Å². The van der Waals surface area contributed by atoms with E-state index in [-0.39, 0.29) is 28.1 Å². The van der Waals surface area contributed by atoms with Gasteiger partial charge in [0.15, 0.2) is 0 Å². The minimum Gasteiger partial charge on any atom is -0.322 e. The zero-order valence-corrected chi connectivity index (χ0v) is 14.5. The molecule has 25 heavy (non-hydrogen) atoms. The van der Waals surface area contributed by atoms with Crippen LogP contribution in [0.3, 0.4) is 0 Å². The van der Waals surface area contributed by atoms with E-state index in [4.69, 9.17) is 11.6 Å². The molecular formula is C15H12ClFN4O3S. The number of nitrogens with zero attached hydrogens (tertiary/aromatic N) is 3. The molecule has 1 aliphatic rings. The Kier molecular flexibility index (Phi) is 4.78. The zero-order chi connectivity index (χ0) is 18.1. The second-order valence-corrected chi connectivity index (χ2v) is 6.69. The van der Waals surface area contributed by atoms with Crippen molar-refractivity contribution in [2.45, 2.75) is 11.4 Å². The fourth-order valence-electron chi connectivity index (χ4n) is 2.27. The van der Waals surface area contributed by atoms with Gasteiger partial charge in [0.25, 0.3) is 5.56 Å². The second-order valence-electron chi connectivity index (χ2n) is 5.23. The minimum atomic E-state index is -0.687. The van der Waals surface area contributed by atoms with Gasteiger partial charge in [0.1, 0.15) is 18.0 Å². The highest BCUT2D eigenvalue weighted by molar-refractivity contribution is 8.00. The number of amides is 2. The Morgan fingerprint density at radius 2 is 2.20 bits per heavy atom. The number of hydrogen-bond donors (Lipinski definition) is 1. The number of thioether (sulfide) groups is 1. The van der Waals surface area contributed by atoms with Crippen molar-refractivity contribution in [3.63, 3.8) is 0 Å². The Morgan fingerprint density at radius 1 is 1.44 bits per heavy atom. The predicted molar refractivity (Wildman–Crippen MR) is 92.7 cm³/mol. The number of benzene rings is 1. The van der Waals surface area contributed by atoms with E-state index >= 15 is 0 Å². The van der Waals surface area contributed by atoms with Gasteiger partial charge in [-0.1, -0.05) is 11.6 Å². The largest absolute Gasteiger partial charge is 0.322 e. The first-order chi connectivity index (χ1) is 11.9. The number of carbonyl (C=O) groups excluding carboxylic acids is 2. The summed E-state index contributed by atoms with van der Waals surface area (Å²) in [7, 11) is 1.50. The lowest BCUT2D eigenvalue weighted by Gasteiger charge is -2.24. The first kappa shape index (κ1) is 17.4. The lowest BCUT2D eigenvalue weighted by atomic mass is 10.3. The average molecular weight is 383 g/mol. The molecule has 1 aliphatic heterocycles. The number of aromatic nitrogens is 2. The Hall–Kier alpha value is -2.39. The maximum Gasteiger partial charge on any atom is 0.292 e. The van der Waals surface area contributed by atoms with Gasteiger partial charge in [-0.15, -0.1) is 11.8 Å². The fraction of sp³-hybridized carbons (Fsp3) is 0.200. The highest BCUT2D eigenvalue weighted by atomic mass is 35.5. The van der Waals surface area contributed by atoms with Gasteiger partial charge in [-0.05, 0) is 18.2 Å². The molecule has 0 spiro atoms. The van der Waals surface area contributed by atoms with Gasteiger partial charge in [-0.25, -0.2) is 9.07 Å². The molecule has 0 atom stereocenters. The summed E-state index contributed by atoms with van der Waals surface area (Å²) in [5.74, 6) is -1.30. The summed E-state index contributed by atoms with van der Waals surface area (Å²) in [4.78, 5) is 38.2. The SMILES string of the molecule is CN1C(=O)CSc2cnn(CC(=O)Nc3ccc(Cl)cc3F)c(=O)c21. The highest BCUT2D eigenvalue weighted by Gasteiger charge is 2.26. The standard InChI is InChI=1S/C15H12ClFN4O3S/c1-20-13(23)7-25-11-5-18-21(15(24)14(11)20)6-12(22)19-10-3-2-8(16)4-9(10)17/h2-5H,6-7H2,1H3,(H,19,22). The van der Waals surface area contributed by atoms with Crippen LogP contribution in [-0.2, 0) is 16.1 Å². The number of nitrogens with one attached hydrogen (secondary N) is 1. The van der Waals surface area contributed by atoms with Gasteiger partial charge < -0.3 is 10.2 Å². The molecule has 0 saturated carbocycles. The van der Waals surface area contributed by atoms with E-state index in [1.165, 1.54) is 42.0 Å². The van der Waals surface area contributed by atoms with Gasteiger partial charge in [-0.2, -0.15) is 5.10 Å². The van der Waals surface area contributed by atoms with Gasteiger partial charge in [-0.3, -0.25) is 14.4 Å². The molecular weight excluding hydrogens is 371 g/mol. The molecule has 7 nitrogen and oxygen atoms in total. The van der Waals surface area contributed by atoms with Crippen molar-refractivity contribution < 1.29 is 14.0 Å². The molecule has 1 aromatic heterocycles. The fourth-order valence-corrected chi connectivity index (χ4v) is 3.38. The Labute approximate surface area is 150 Å². The lowest BCUT2D eigenvalue weighted by molar-refractivity contribution is -0.117. The molecule has 3 rings (SSSR count). The number of anilines is 2. The van der Waals surface area contributed by atoms with Gasteiger partial charge in [0.2, 0.25) is 11.8 Å². The van der Waals surface area contributed by atoms with E-state index in [0.29, 0.717) is 4.90 Å². The normalized spacial score (nSPS) is 13.6. The van der Waals surface area contributed by atoms with Crippen molar-refractivity contribution >= 4 is 46.6 Å². The zero-order valence-electron chi connectivity index (χ0n) is 13.0. The first-order valence-corrected chi connectivity index (χ1v) is 8.47. The first-order valence-electron chi connectivity index (χ1n) is 7.11. The van der Waals surface area contributed by atoms with E-state index in [1.54, 1.807) is 0 Å². The Morgan fingerprint density at radius 3 is 2.92 bits per heavy atom. The molecule has 1 aromatic carbocycles. The van der Waals surface area contributed by atoms with Crippen molar-refractivity contribution in [3.8, 4) is 0 Å². The molecule has 0 saturated heterocycles. The maximum absolute atomic E-state index is 13.7. The molecule has 2 amide bonds. The third kappa shape index (κ3) is 3.52. The topological polar surface area (TPSA) is 84.3 Å². The summed E-state index contributed by atoms with van der Waals surface area (Å²) in [5.41, 5.74) is -0.433. The highest BCUT2D eigenvalue weighted by Crippen LogP contribution is 2.30. The summed E-state index contributed by atoms with van der Waals surface area (Å²) >= 11 is 6.87. The van der Waals surface area contributed by atoms with E-state index in [0.717, 1.165) is 10.7 Å². The summed E-state index contributed by atoms with van der Waals surface area (Å²) in [5, 5.41) is 6.50. The molecule has 0 aliphatic carbocycles. The summed E-state index contributed by atoms with van der Waals surface area (Å²) in [6.07, 6.45) is 1.43. The molecule has 10 heteroatoms. The Balaban J connectivity index is 1.82. The van der Waals surface area contributed by atoms with Crippen LogP contribution in [0.25, 0.3) is 0 Å². The molecule has 2 aromatic rings. The van der Waals surface area contributed by atoms with Crippen molar-refractivity contribution in [1.82, 2.24) is 9.78 Å². The Bertz CT molecular complexity index is 933. The van der Waals surface area contributed by atoms with Crippen molar-refractivity contribution in [2.75, 3.05) is 23.0 Å². The van der Waals surface area contributed by atoms with Gasteiger partial charge >= 0.3 is 0 Å². The minimum absolute atomic E-state index is 0.0525. The van der Waals surface area contributed by atoms with Crippen molar-refractivity contribution in [3.05, 3.63) is 45.6 Å². The van der Waals surface area contributed by atoms with Crippen LogP contribution in [0.1, 0.15) is 0 Å². The van der Waals surface area contributed by atoms with E-state index in [9.17, 15) is 18.8 Å². The number of hydrogen-bond acceptors (Lipinski definition) is 5. The van der Waals surface area contributed by atoms with Crippen LogP contribution in [-0.4, -0.2) is 34.4 Å². The quantitative estimate of drug-likeness (QED) is 0.874. The molecule has 130 valence electrons. The van der Waals surface area contributed by atoms with Crippen LogP contribution in [0.5, 0.6) is 0 Å². The number of halogens is 2. The third-order valence-electron chi connectivity index (χ3n) is 3.54. The number of carbonyl (C=O) groups is 2. The smallest absolute Gasteiger partial charge is 0.292 e. The van der Waals surface area contributed by atoms with E-state index in [1.807, 2.05) is 0 Å². The molecule has 2 heterocycles. The lowest BCUT2D eigenvalue weighted by Crippen LogP contribution is -2.40. The predicted octanol–water partition coefficient (Wildman–Crippen LogP) is 1.74. The van der Waals surface area contributed by atoms with Crippen LogP contribution in [0.15, 0.2) is 34.1 Å². The third-order valence-corrected chi connectivity index (χ3v) is 4.78. The number of rotatable bonds is 3. The van der Waals surface area contributed by atoms with E-state index < -0.39 is 23.8 Å². The van der Waals surface area contributed by atoms with Crippen LogP contribution in [0.4, 0.5) is 15.8 Å². The van der Waals surface area contributed by atoms with Crippen LogP contribution < -0.4 is 15.8 Å². The molecule has 0 radical (unpaired) electrons. The molecule has 0 bridgehead atoms. The van der Waals surface area contributed by atoms with Crippen LogP contribution >= 0.6 is 23.4 Å². The monoisotopic (exact) mass is 382 g/mol. The van der Waals surface area contributed by atoms with Crippen molar-refractivity contribution in [2.24, 2.45) is 0 Å². The van der Waals surface area contributed by atoms with E-state index in [2.05, 4.69) is 10.4 Å². The molecule has 1 N–H and O–H groups in total. The average Bonchev–Trinajstić information content (AvgIpc) is 2.56. The second kappa shape index (κ2) is 6.85. The molecule has 0 fully saturated rings. The molecule has 0 unspecified atom stereocenters. The maximum atomic E-state index is 13.7. The summed E-state index contributed by atoms with van der Waals surface area (Å²) in [6.45, 7) is -0.416. The summed E-state index contributed by atoms with van der Waals surface area (Å²) in [6, 6.07) is 3.82. The summed E-state index contributed by atoms with van der Waals surface area (Å²) < 4.78 is 14.6. The van der Waals surface area contributed by atoms with Crippen LogP contribution in [0, 0.1) is 5.82 Å². The van der Waals surface area contributed by atoms with Crippen molar-refractivity contribution in [1.29, 1.82) is 0 Å². The van der Waals surface area contributed by atoms with Gasteiger partial charge in [0, 0.05) is 12.1 Å². The number of fused-ring (bicyclic) bond motifs is 1.